The zero-order chi connectivity index (χ0) is 30.2. The number of rotatable bonds is 12. The fraction of sp³-hybridized carbons (Fsp3) is 0.370. The van der Waals surface area contributed by atoms with Gasteiger partial charge in [-0.3, -0.25) is 24.3 Å². The number of hydrogen-bond acceptors (Lipinski definition) is 13. The van der Waals surface area contributed by atoms with Crippen LogP contribution < -0.4 is 11.1 Å². The number of carbonyl (C=O) groups excluding carboxylic acids is 4. The van der Waals surface area contributed by atoms with E-state index in [1.54, 1.807) is 30.6 Å². The van der Waals surface area contributed by atoms with E-state index < -0.39 is 34.9 Å². The molecule has 2 aliphatic rings. The van der Waals surface area contributed by atoms with Crippen LogP contribution in [0.5, 0.6) is 0 Å². The number of thiazole rings is 1. The Hall–Kier alpha value is -4.24. The minimum absolute atomic E-state index is 0.0313. The van der Waals surface area contributed by atoms with Crippen LogP contribution in [0, 0.1) is 5.92 Å². The van der Waals surface area contributed by atoms with E-state index in [4.69, 9.17) is 15.2 Å². The maximum absolute atomic E-state index is 13.3. The Kier molecular flexibility index (Phi) is 10.3. The summed E-state index contributed by atoms with van der Waals surface area (Å²) < 4.78 is 10.5. The van der Waals surface area contributed by atoms with Gasteiger partial charge in [-0.1, -0.05) is 37.2 Å². The van der Waals surface area contributed by atoms with Crippen molar-refractivity contribution in [3.05, 3.63) is 58.5 Å². The molecule has 222 valence electrons. The van der Waals surface area contributed by atoms with Gasteiger partial charge in [-0.25, -0.2) is 9.78 Å². The lowest BCUT2D eigenvalue weighted by Gasteiger charge is -2.49. The Labute approximate surface area is 249 Å². The first-order valence-electron chi connectivity index (χ1n) is 13.0. The zero-order valence-electron chi connectivity index (χ0n) is 22.9. The third kappa shape index (κ3) is 7.33. The molecule has 0 bridgehead atoms. The van der Waals surface area contributed by atoms with Gasteiger partial charge < -0.3 is 25.7 Å². The lowest BCUT2D eigenvalue weighted by Crippen LogP contribution is -2.71. The van der Waals surface area contributed by atoms with E-state index in [0.29, 0.717) is 23.7 Å². The zero-order valence-corrected chi connectivity index (χ0v) is 24.5. The van der Waals surface area contributed by atoms with E-state index in [1.807, 2.05) is 19.9 Å². The predicted molar refractivity (Wildman–Crippen MR) is 156 cm³/mol. The molecule has 2 atom stereocenters. The summed E-state index contributed by atoms with van der Waals surface area (Å²) in [6.07, 6.45) is 7.73. The number of hydrogen-bond donors (Lipinski definition) is 3. The Morgan fingerprint density at radius 2 is 2.07 bits per heavy atom. The van der Waals surface area contributed by atoms with Crippen LogP contribution in [0.2, 0.25) is 0 Å². The molecule has 13 nitrogen and oxygen atoms in total. The molecule has 0 aliphatic carbocycles. The number of amides is 2. The summed E-state index contributed by atoms with van der Waals surface area (Å²) in [6.45, 7) is 3.69. The van der Waals surface area contributed by atoms with E-state index in [9.17, 15) is 24.4 Å². The summed E-state index contributed by atoms with van der Waals surface area (Å²) in [7, 11) is 0. The SMILES string of the molecule is CC(C)CCC(=O)OCCOC(=O)C1=C(/C=C\c2cccnc2)CS[C@H]2[C@H](NC(=O)C(=NO)c3csc(N)n3)C(=O)N12. The molecular weight excluding hydrogens is 584 g/mol. The number of nitrogens with two attached hydrogens (primary N) is 1. The maximum atomic E-state index is 13.3. The molecule has 0 radical (unpaired) electrons. The second kappa shape index (κ2) is 14.1. The standard InChI is InChI=1S/C27H30N6O7S2/c1-15(2)5-8-19(34)39-10-11-40-26(37)22-17(7-6-16-4-3-9-29-12-16)13-41-25-21(24(36)33(22)25)31-23(35)20(32-38)18-14-42-27(28)30-18/h3-4,6-7,9,12,14-15,21,25,38H,5,8,10-11,13H2,1-2H3,(H2,28,30)(H,31,35)/b7-6-,32-20?/t21-,25+/m1/s1. The van der Waals surface area contributed by atoms with Crippen LogP contribution >= 0.6 is 23.1 Å². The highest BCUT2D eigenvalue weighted by Crippen LogP contribution is 2.41. The van der Waals surface area contributed by atoms with Gasteiger partial charge in [0.2, 0.25) is 0 Å². The van der Waals surface area contributed by atoms with Gasteiger partial charge in [0.1, 0.15) is 36.0 Å². The van der Waals surface area contributed by atoms with Crippen LogP contribution in [0.4, 0.5) is 5.13 Å². The number of anilines is 1. The van der Waals surface area contributed by atoms with Gasteiger partial charge in [-0.15, -0.1) is 23.1 Å². The minimum Gasteiger partial charge on any atom is -0.462 e. The molecule has 2 aromatic rings. The van der Waals surface area contributed by atoms with Crippen molar-refractivity contribution in [3.8, 4) is 0 Å². The second-order valence-corrected chi connectivity index (χ2v) is 11.7. The Morgan fingerprint density at radius 3 is 2.74 bits per heavy atom. The highest BCUT2D eigenvalue weighted by molar-refractivity contribution is 8.00. The molecule has 0 saturated carbocycles. The average Bonchev–Trinajstić information content (AvgIpc) is 3.41. The number of oxime groups is 1. The monoisotopic (exact) mass is 614 g/mol. The van der Waals surface area contributed by atoms with Crippen molar-refractivity contribution in [1.29, 1.82) is 0 Å². The molecule has 15 heteroatoms. The number of nitrogen functional groups attached to an aromatic ring is 1. The van der Waals surface area contributed by atoms with Crippen molar-refractivity contribution < 1.29 is 33.9 Å². The summed E-state index contributed by atoms with van der Waals surface area (Å²) in [4.78, 5) is 60.6. The van der Waals surface area contributed by atoms with Crippen LogP contribution in [0.25, 0.3) is 6.08 Å². The largest absolute Gasteiger partial charge is 0.462 e. The van der Waals surface area contributed by atoms with Crippen molar-refractivity contribution in [2.75, 3.05) is 24.7 Å². The first-order valence-corrected chi connectivity index (χ1v) is 15.0. The average molecular weight is 615 g/mol. The molecular formula is C27H30N6O7S2. The summed E-state index contributed by atoms with van der Waals surface area (Å²) in [5.41, 5.74) is 6.64. The summed E-state index contributed by atoms with van der Waals surface area (Å²) in [6, 6.07) is 2.61. The van der Waals surface area contributed by atoms with E-state index in [2.05, 4.69) is 20.4 Å². The molecule has 4 rings (SSSR count). The number of pyridine rings is 1. The van der Waals surface area contributed by atoms with Crippen molar-refractivity contribution in [1.82, 2.24) is 20.2 Å². The van der Waals surface area contributed by atoms with E-state index in [1.165, 1.54) is 22.0 Å². The molecule has 1 saturated heterocycles. The molecule has 4 N–H and O–H groups in total. The molecule has 1 fully saturated rings. The predicted octanol–water partition coefficient (Wildman–Crippen LogP) is 2.19. The number of thioether (sulfide) groups is 1. The molecule has 42 heavy (non-hydrogen) atoms. The number of fused-ring (bicyclic) bond motifs is 1. The first kappa shape index (κ1) is 30.7. The molecule has 2 amide bonds. The normalized spacial score (nSPS) is 18.6. The maximum Gasteiger partial charge on any atom is 0.355 e. The molecule has 4 heterocycles. The van der Waals surface area contributed by atoms with Crippen LogP contribution in [-0.2, 0) is 28.7 Å². The van der Waals surface area contributed by atoms with Gasteiger partial charge in [0.05, 0.1) is 0 Å². The summed E-state index contributed by atoms with van der Waals surface area (Å²) >= 11 is 2.41. The summed E-state index contributed by atoms with van der Waals surface area (Å²) in [5, 5.41) is 16.0. The van der Waals surface area contributed by atoms with Crippen molar-refractivity contribution in [3.63, 3.8) is 0 Å². The van der Waals surface area contributed by atoms with E-state index in [0.717, 1.165) is 16.9 Å². The molecule has 0 aromatic carbocycles. The number of nitrogens with one attached hydrogen (secondary N) is 1. The number of β-lactam (4-membered cyclic amide) rings is 1. The number of nitrogens with zero attached hydrogens (tertiary/aromatic N) is 4. The number of carbonyl (C=O) groups is 4. The second-order valence-electron chi connectivity index (χ2n) is 9.66. The molecule has 0 unspecified atom stereocenters. The minimum atomic E-state index is -0.996. The van der Waals surface area contributed by atoms with Crippen molar-refractivity contribution >= 4 is 63.8 Å². The van der Waals surface area contributed by atoms with E-state index in [-0.39, 0.29) is 42.1 Å². The molecule has 0 spiro atoms. The van der Waals surface area contributed by atoms with Gasteiger partial charge in [0.15, 0.2) is 10.8 Å². The van der Waals surface area contributed by atoms with Gasteiger partial charge in [-0.2, -0.15) is 0 Å². The third-order valence-electron chi connectivity index (χ3n) is 6.22. The summed E-state index contributed by atoms with van der Waals surface area (Å²) in [5.74, 6) is -1.83. The quantitative estimate of drug-likeness (QED) is 0.0794. The highest BCUT2D eigenvalue weighted by atomic mass is 32.2. The number of ether oxygens (including phenoxy) is 2. The lowest BCUT2D eigenvalue weighted by molar-refractivity contribution is -0.155. The Morgan fingerprint density at radius 1 is 1.29 bits per heavy atom. The number of aromatic nitrogens is 2. The highest BCUT2D eigenvalue weighted by Gasteiger charge is 2.54. The van der Waals surface area contributed by atoms with Crippen molar-refractivity contribution in [2.24, 2.45) is 11.1 Å². The van der Waals surface area contributed by atoms with Gasteiger partial charge in [0, 0.05) is 29.9 Å². The third-order valence-corrected chi connectivity index (χ3v) is 8.20. The molecule has 2 aromatic heterocycles. The Balaban J connectivity index is 1.47. The fourth-order valence-electron chi connectivity index (χ4n) is 4.09. The fourth-order valence-corrected chi connectivity index (χ4v) is 5.95. The smallest absolute Gasteiger partial charge is 0.355 e. The number of esters is 2. The Bertz CT molecular complexity index is 1420. The van der Waals surface area contributed by atoms with Crippen LogP contribution in [0.15, 0.2) is 52.4 Å². The van der Waals surface area contributed by atoms with Gasteiger partial charge in [0.25, 0.3) is 11.8 Å². The van der Waals surface area contributed by atoms with Crippen LogP contribution in [0.1, 0.15) is 37.9 Å². The van der Waals surface area contributed by atoms with Crippen molar-refractivity contribution in [2.45, 2.75) is 38.1 Å². The van der Waals surface area contributed by atoms with E-state index >= 15 is 0 Å². The van der Waals surface area contributed by atoms with Gasteiger partial charge >= 0.3 is 11.9 Å². The van der Waals surface area contributed by atoms with Crippen LogP contribution in [-0.4, -0.2) is 79.9 Å². The number of allylic oxidation sites excluding steroid dienone is 1. The van der Waals surface area contributed by atoms with Gasteiger partial charge in [-0.05, 0) is 29.5 Å². The van der Waals surface area contributed by atoms with Crippen LogP contribution in [0.3, 0.4) is 0 Å². The lowest BCUT2D eigenvalue weighted by atomic mass is 10.0. The first-order chi connectivity index (χ1) is 20.2. The molecule has 2 aliphatic heterocycles. The topological polar surface area (TPSA) is 186 Å².